The number of nitrogens with zero attached hydrogens (tertiary/aromatic N) is 1. The maximum absolute atomic E-state index is 12.9. The first-order chi connectivity index (χ1) is 11.8. The SMILES string of the molecule is C=C1[C@H]2C[C@@]3([C@@H]1O)[C@@H](CC2=O)[C@]12[C@@H]4C[C@H]3[C@H]1N(C)C[C@]4(C)CC[C@@H]2O. The summed E-state index contributed by atoms with van der Waals surface area (Å²) in [4.78, 5) is 15.4. The Hall–Kier alpha value is -0.710. The van der Waals surface area contributed by atoms with Crippen LogP contribution >= 0.6 is 0 Å². The summed E-state index contributed by atoms with van der Waals surface area (Å²) in [7, 11) is 2.22. The topological polar surface area (TPSA) is 60.8 Å². The predicted molar refractivity (Wildman–Crippen MR) is 92.6 cm³/mol. The van der Waals surface area contributed by atoms with Crippen LogP contribution in [0.2, 0.25) is 0 Å². The Kier molecular flexibility index (Phi) is 2.50. The molecule has 0 unspecified atom stereocenters. The smallest absolute Gasteiger partial charge is 0.140 e. The Morgan fingerprint density at radius 1 is 1.28 bits per heavy atom. The van der Waals surface area contributed by atoms with Crippen molar-refractivity contribution in [2.45, 2.75) is 57.3 Å². The largest absolute Gasteiger partial charge is 0.392 e. The number of carbonyl (C=O) groups excluding carboxylic acids is 1. The van der Waals surface area contributed by atoms with Crippen LogP contribution in [0.1, 0.15) is 39.0 Å². The molecule has 25 heavy (non-hydrogen) atoms. The number of hydrogen-bond donors (Lipinski definition) is 2. The third-order valence-corrected chi connectivity index (χ3v) is 10.1. The Balaban J connectivity index is 1.62. The van der Waals surface area contributed by atoms with Crippen LogP contribution in [0.25, 0.3) is 0 Å². The van der Waals surface area contributed by atoms with Crippen molar-refractivity contribution >= 4 is 5.78 Å². The summed E-state index contributed by atoms with van der Waals surface area (Å²) in [6.07, 6.45) is 3.48. The average molecular weight is 343 g/mol. The summed E-state index contributed by atoms with van der Waals surface area (Å²) in [6.45, 7) is 7.63. The quantitative estimate of drug-likeness (QED) is 0.656. The lowest BCUT2D eigenvalue weighted by atomic mass is 9.43. The van der Waals surface area contributed by atoms with Gasteiger partial charge in [0.15, 0.2) is 0 Å². The molecule has 6 aliphatic rings. The number of ketones is 1. The highest BCUT2D eigenvalue weighted by molar-refractivity contribution is 5.87. The lowest BCUT2D eigenvalue weighted by Gasteiger charge is -2.64. The van der Waals surface area contributed by atoms with Gasteiger partial charge in [-0.3, -0.25) is 4.79 Å². The van der Waals surface area contributed by atoms with E-state index in [1.165, 1.54) is 0 Å². The summed E-state index contributed by atoms with van der Waals surface area (Å²) in [5, 5.41) is 22.6. The van der Waals surface area contributed by atoms with Gasteiger partial charge in [0.25, 0.3) is 0 Å². The molecule has 1 aliphatic heterocycles. The van der Waals surface area contributed by atoms with E-state index in [0.717, 1.165) is 37.8 Å². The maximum Gasteiger partial charge on any atom is 0.140 e. The van der Waals surface area contributed by atoms with Crippen LogP contribution < -0.4 is 0 Å². The second kappa shape index (κ2) is 4.07. The number of hydrogen-bond acceptors (Lipinski definition) is 4. The van der Waals surface area contributed by atoms with Gasteiger partial charge in [-0.05, 0) is 61.5 Å². The molecule has 7 bridgehead atoms. The van der Waals surface area contributed by atoms with Gasteiger partial charge in [0.2, 0.25) is 0 Å². The first kappa shape index (κ1) is 15.4. The second-order valence-corrected chi connectivity index (χ2v) is 10.5. The third kappa shape index (κ3) is 1.27. The van der Waals surface area contributed by atoms with Gasteiger partial charge in [-0.2, -0.15) is 0 Å². The minimum atomic E-state index is -0.561. The summed E-state index contributed by atoms with van der Waals surface area (Å²) in [5.74, 6) is 1.15. The van der Waals surface area contributed by atoms with Crippen molar-refractivity contribution in [2.75, 3.05) is 13.6 Å². The normalized spacial score (nSPS) is 64.7. The van der Waals surface area contributed by atoms with Gasteiger partial charge >= 0.3 is 0 Å². The Morgan fingerprint density at radius 2 is 2.04 bits per heavy atom. The molecule has 0 radical (unpaired) electrons. The van der Waals surface area contributed by atoms with E-state index in [4.69, 9.17) is 0 Å². The van der Waals surface area contributed by atoms with Gasteiger partial charge < -0.3 is 15.1 Å². The molecular formula is C21H29NO3. The van der Waals surface area contributed by atoms with E-state index >= 15 is 0 Å². The van der Waals surface area contributed by atoms with E-state index in [2.05, 4.69) is 25.5 Å². The molecule has 2 N–H and O–H groups in total. The highest BCUT2D eigenvalue weighted by Crippen LogP contribution is 2.83. The summed E-state index contributed by atoms with van der Waals surface area (Å²) in [6, 6.07) is 0.318. The molecule has 4 heteroatoms. The van der Waals surface area contributed by atoms with Crippen molar-refractivity contribution in [1.82, 2.24) is 4.90 Å². The van der Waals surface area contributed by atoms with Crippen LogP contribution in [-0.4, -0.2) is 52.7 Å². The zero-order valence-electron chi connectivity index (χ0n) is 15.2. The van der Waals surface area contributed by atoms with E-state index < -0.39 is 6.10 Å². The Morgan fingerprint density at radius 3 is 2.80 bits per heavy atom. The van der Waals surface area contributed by atoms with Crippen LogP contribution in [0.5, 0.6) is 0 Å². The first-order valence-electron chi connectivity index (χ1n) is 10.1. The lowest BCUT2D eigenvalue weighted by Crippen LogP contribution is -2.67. The number of aliphatic hydroxyl groups is 2. The molecule has 0 amide bonds. The molecule has 5 aliphatic carbocycles. The summed E-state index contributed by atoms with van der Waals surface area (Å²) >= 11 is 0. The molecule has 6 fully saturated rings. The zero-order chi connectivity index (χ0) is 17.5. The number of likely N-dealkylation sites (tertiary alicyclic amines) is 1. The molecule has 1 saturated heterocycles. The van der Waals surface area contributed by atoms with Crippen molar-refractivity contribution in [3.8, 4) is 0 Å². The van der Waals surface area contributed by atoms with Gasteiger partial charge in [0.1, 0.15) is 5.78 Å². The summed E-state index contributed by atoms with van der Waals surface area (Å²) in [5.41, 5.74) is 0.592. The standard InChI is InChI=1S/C21H29NO3/c1-10-11-8-20(18(10)25)12-6-14-19(2)5-4-16(24)21(14,15(20)7-13(11)23)17(12)22(3)9-19/h11-12,14-18,24-25H,1,4-9H2,2-3H3/t11-,12+,14-,15-,16+,17-,18-,19+,20+,21+/m1/s1. The van der Waals surface area contributed by atoms with E-state index in [9.17, 15) is 15.0 Å². The molecular weight excluding hydrogens is 314 g/mol. The van der Waals surface area contributed by atoms with Crippen molar-refractivity contribution in [2.24, 2.45) is 39.9 Å². The second-order valence-electron chi connectivity index (χ2n) is 10.5. The molecule has 136 valence electrons. The monoisotopic (exact) mass is 343 g/mol. The van der Waals surface area contributed by atoms with Crippen molar-refractivity contribution in [3.05, 3.63) is 12.2 Å². The Labute approximate surface area is 149 Å². The fourth-order valence-corrected chi connectivity index (χ4v) is 9.66. The fourth-order valence-electron chi connectivity index (χ4n) is 9.66. The van der Waals surface area contributed by atoms with E-state index in [1.807, 2.05) is 0 Å². The first-order valence-corrected chi connectivity index (χ1v) is 10.1. The van der Waals surface area contributed by atoms with Crippen LogP contribution in [-0.2, 0) is 4.79 Å². The van der Waals surface area contributed by atoms with Crippen LogP contribution in [0.4, 0.5) is 0 Å². The minimum absolute atomic E-state index is 0.129. The maximum atomic E-state index is 12.9. The molecule has 1 heterocycles. The lowest BCUT2D eigenvalue weighted by molar-refractivity contribution is -0.208. The number of rotatable bonds is 0. The molecule has 0 aromatic carbocycles. The van der Waals surface area contributed by atoms with Crippen LogP contribution in [0, 0.1) is 39.9 Å². The highest BCUT2D eigenvalue weighted by atomic mass is 16.3. The third-order valence-electron chi connectivity index (χ3n) is 10.1. The molecule has 10 atom stereocenters. The van der Waals surface area contributed by atoms with Gasteiger partial charge in [0, 0.05) is 35.8 Å². The number of aliphatic hydroxyl groups excluding tert-OH is 2. The number of Topliss-reactive ketones (excluding diaryl/α,β-unsaturated/α-hetero) is 1. The van der Waals surface area contributed by atoms with Crippen molar-refractivity contribution < 1.29 is 15.0 Å². The van der Waals surface area contributed by atoms with Gasteiger partial charge in [-0.1, -0.05) is 13.5 Å². The summed E-state index contributed by atoms with van der Waals surface area (Å²) < 4.78 is 0. The van der Waals surface area contributed by atoms with Crippen molar-refractivity contribution in [3.63, 3.8) is 0 Å². The predicted octanol–water partition coefficient (Wildman–Crippen LogP) is 1.61. The average Bonchev–Trinajstić information content (AvgIpc) is 3.09. The number of piperidine rings is 1. The fraction of sp³-hybridized carbons (Fsp3) is 0.857. The molecule has 4 nitrogen and oxygen atoms in total. The van der Waals surface area contributed by atoms with E-state index in [-0.39, 0.29) is 40.0 Å². The minimum Gasteiger partial charge on any atom is -0.392 e. The van der Waals surface area contributed by atoms with Crippen LogP contribution in [0.3, 0.4) is 0 Å². The van der Waals surface area contributed by atoms with E-state index in [1.54, 1.807) is 0 Å². The molecule has 5 saturated carbocycles. The van der Waals surface area contributed by atoms with Crippen molar-refractivity contribution in [1.29, 1.82) is 0 Å². The molecule has 0 aromatic rings. The zero-order valence-corrected chi connectivity index (χ0v) is 15.2. The van der Waals surface area contributed by atoms with Crippen LogP contribution in [0.15, 0.2) is 12.2 Å². The van der Waals surface area contributed by atoms with Gasteiger partial charge in [-0.25, -0.2) is 0 Å². The molecule has 6 rings (SSSR count). The van der Waals surface area contributed by atoms with Gasteiger partial charge in [0.05, 0.1) is 12.2 Å². The molecule has 2 spiro atoms. The number of fused-ring (bicyclic) bond motifs is 1. The molecule has 0 aromatic heterocycles. The Bertz CT molecular complexity index is 720. The number of carbonyl (C=O) groups is 1. The highest BCUT2D eigenvalue weighted by Gasteiger charge is 2.85. The van der Waals surface area contributed by atoms with E-state index in [0.29, 0.717) is 24.3 Å². The van der Waals surface area contributed by atoms with Gasteiger partial charge in [-0.15, -0.1) is 0 Å².